The fraction of sp³-hybridized carbons (Fsp3) is 0.235. The van der Waals surface area contributed by atoms with Gasteiger partial charge in [-0.2, -0.15) is 0 Å². The van der Waals surface area contributed by atoms with E-state index in [9.17, 15) is 9.90 Å². The molecule has 146 valence electrons. The van der Waals surface area contributed by atoms with Crippen LogP contribution in [0.15, 0.2) is 67.3 Å². The number of aliphatic carboxylic acids is 1. The van der Waals surface area contributed by atoms with E-state index < -0.39 is 16.5 Å². The van der Waals surface area contributed by atoms with Crippen LogP contribution in [0.3, 0.4) is 0 Å². The van der Waals surface area contributed by atoms with Crippen molar-refractivity contribution in [2.24, 2.45) is 0 Å². The second-order valence-corrected chi connectivity index (χ2v) is 19.3. The molecule has 10 heteroatoms. The number of carbonyl (C=O) groups is 1. The summed E-state index contributed by atoms with van der Waals surface area (Å²) in [5.74, 6) is -0.619. The van der Waals surface area contributed by atoms with E-state index in [4.69, 9.17) is 23.4 Å². The summed E-state index contributed by atoms with van der Waals surface area (Å²) in [6, 6.07) is 15.3. The number of hydrogen-bond acceptors (Lipinski definition) is 5. The summed E-state index contributed by atoms with van der Waals surface area (Å²) in [6.07, 6.45) is 0.801. The molecule has 0 aliphatic heterocycles. The summed E-state index contributed by atoms with van der Waals surface area (Å²) < 4.78 is -0.0793. The van der Waals surface area contributed by atoms with Gasteiger partial charge in [-0.25, -0.2) is 0 Å². The van der Waals surface area contributed by atoms with Crippen LogP contribution in [0, 0.1) is 0 Å². The second-order valence-electron chi connectivity index (χ2n) is 5.43. The van der Waals surface area contributed by atoms with Gasteiger partial charge < -0.3 is 5.11 Å². The Kier molecular flexibility index (Phi) is 10.2. The van der Waals surface area contributed by atoms with Crippen molar-refractivity contribution < 1.29 is 9.90 Å². The number of benzene rings is 2. The lowest BCUT2D eigenvalue weighted by Gasteiger charge is -2.24. The van der Waals surface area contributed by atoms with Gasteiger partial charge >= 0.3 is 5.97 Å². The molecule has 0 aromatic heterocycles. The van der Waals surface area contributed by atoms with Gasteiger partial charge in [-0.3, -0.25) is 10.1 Å². The van der Waals surface area contributed by atoms with Crippen molar-refractivity contribution in [1.29, 1.82) is 0 Å². The van der Waals surface area contributed by atoms with Crippen LogP contribution >= 0.6 is 70.7 Å². The molecule has 0 amide bonds. The third kappa shape index (κ3) is 8.39. The lowest BCUT2D eigenvalue weighted by Crippen LogP contribution is -2.37. The third-order valence-electron chi connectivity index (χ3n) is 3.34. The van der Waals surface area contributed by atoms with Gasteiger partial charge in [0.2, 0.25) is 0 Å². The molecule has 2 aromatic rings. The first-order valence-electron chi connectivity index (χ1n) is 7.83. The van der Waals surface area contributed by atoms with Crippen LogP contribution in [0.1, 0.15) is 6.42 Å². The molecular formula is C17H17Br2ClNO2PS3. The molecule has 1 unspecified atom stereocenters. The molecule has 0 bridgehead atoms. The van der Waals surface area contributed by atoms with Crippen molar-refractivity contribution in [2.45, 2.75) is 22.3 Å². The van der Waals surface area contributed by atoms with E-state index in [0.717, 1.165) is 18.7 Å². The number of rotatable bonds is 10. The third-order valence-corrected chi connectivity index (χ3v) is 13.5. The first-order valence-corrected chi connectivity index (χ1v) is 15.8. The Morgan fingerprint density at radius 1 is 1.07 bits per heavy atom. The predicted molar refractivity (Wildman–Crippen MR) is 129 cm³/mol. The van der Waals surface area contributed by atoms with Crippen LogP contribution in [0.4, 0.5) is 0 Å². The molecule has 0 saturated heterocycles. The van der Waals surface area contributed by atoms with Gasteiger partial charge in [-0.1, -0.05) is 66.4 Å². The molecule has 0 heterocycles. The highest BCUT2D eigenvalue weighted by molar-refractivity contribution is 9.10. The number of hydrogen-bond donors (Lipinski definition) is 2. The molecule has 1 atom stereocenters. The van der Waals surface area contributed by atoms with Crippen LogP contribution in [0.25, 0.3) is 0 Å². The Labute approximate surface area is 194 Å². The largest absolute Gasteiger partial charge is 0.480 e. The maximum absolute atomic E-state index is 11.4. The van der Waals surface area contributed by atoms with Gasteiger partial charge in [0.1, 0.15) is 6.04 Å². The molecule has 0 fully saturated rings. The molecule has 0 aliphatic rings. The lowest BCUT2D eigenvalue weighted by atomic mass is 10.2. The predicted octanol–water partition coefficient (Wildman–Crippen LogP) is 7.03. The molecule has 0 radical (unpaired) electrons. The van der Waals surface area contributed by atoms with Crippen LogP contribution in [0.2, 0.25) is 0 Å². The number of carboxylic acid groups (broad SMARTS) is 1. The van der Waals surface area contributed by atoms with Gasteiger partial charge in [0.25, 0.3) is 0 Å². The zero-order valence-corrected chi connectivity index (χ0v) is 21.3. The smallest absolute Gasteiger partial charge is 0.320 e. The SMILES string of the molecule is O=C(O)C(CCCl)NCP(=S)(Sc1ccc(Br)cc1)Sc1ccc(Br)cc1. The fourth-order valence-corrected chi connectivity index (χ4v) is 11.8. The summed E-state index contributed by atoms with van der Waals surface area (Å²) in [6.45, 7) is 0. The van der Waals surface area contributed by atoms with Gasteiger partial charge in [0.05, 0.1) is 4.44 Å². The first-order chi connectivity index (χ1) is 12.8. The molecule has 2 rings (SSSR count). The van der Waals surface area contributed by atoms with Crippen molar-refractivity contribution in [2.75, 3.05) is 12.2 Å². The molecule has 0 spiro atoms. The summed E-state index contributed by atoms with van der Waals surface area (Å²) in [7, 11) is 0. The monoisotopic (exact) mass is 587 g/mol. The second kappa shape index (κ2) is 11.6. The Hall–Kier alpha value is 0.470. The highest BCUT2D eigenvalue weighted by Gasteiger charge is 2.25. The highest BCUT2D eigenvalue weighted by Crippen LogP contribution is 2.73. The Morgan fingerprint density at radius 3 is 1.89 bits per heavy atom. The van der Waals surface area contributed by atoms with Gasteiger partial charge in [0, 0.05) is 30.9 Å². The van der Waals surface area contributed by atoms with Crippen LogP contribution in [-0.4, -0.2) is 29.3 Å². The summed E-state index contributed by atoms with van der Waals surface area (Å²) in [5, 5.41) is 12.5. The Bertz CT molecular complexity index is 757. The topological polar surface area (TPSA) is 49.3 Å². The maximum atomic E-state index is 11.4. The van der Waals surface area contributed by atoms with Gasteiger partial charge in [0.15, 0.2) is 0 Å². The molecule has 2 aromatic carbocycles. The lowest BCUT2D eigenvalue weighted by molar-refractivity contribution is -0.139. The number of halogens is 3. The van der Waals surface area contributed by atoms with E-state index in [0.29, 0.717) is 12.7 Å². The van der Waals surface area contributed by atoms with Crippen molar-refractivity contribution in [1.82, 2.24) is 5.32 Å². The first kappa shape index (κ1) is 23.7. The average Bonchev–Trinajstić information content (AvgIpc) is 2.62. The minimum Gasteiger partial charge on any atom is -0.480 e. The zero-order valence-electron chi connectivity index (χ0n) is 14.0. The number of alkyl halides is 1. The molecule has 2 N–H and O–H groups in total. The van der Waals surface area contributed by atoms with E-state index in [1.165, 1.54) is 0 Å². The summed E-state index contributed by atoms with van der Waals surface area (Å²) >= 11 is 21.9. The summed E-state index contributed by atoms with van der Waals surface area (Å²) in [5.41, 5.74) is 0. The quantitative estimate of drug-likeness (QED) is 0.229. The van der Waals surface area contributed by atoms with Crippen molar-refractivity contribution in [3.8, 4) is 0 Å². The van der Waals surface area contributed by atoms with Crippen molar-refractivity contribution >= 4 is 88.4 Å². The van der Waals surface area contributed by atoms with Gasteiger partial charge in [-0.15, -0.1) is 11.6 Å². The van der Waals surface area contributed by atoms with E-state index >= 15 is 0 Å². The van der Waals surface area contributed by atoms with E-state index in [1.807, 2.05) is 48.5 Å². The Morgan fingerprint density at radius 2 is 1.52 bits per heavy atom. The molecule has 3 nitrogen and oxygen atoms in total. The van der Waals surface area contributed by atoms with Crippen molar-refractivity contribution in [3.05, 3.63) is 57.5 Å². The normalized spacial score (nSPS) is 12.7. The average molecular weight is 590 g/mol. The number of carboxylic acids is 1. The molecule has 0 aliphatic carbocycles. The summed E-state index contributed by atoms with van der Waals surface area (Å²) in [4.78, 5) is 13.6. The molecule has 27 heavy (non-hydrogen) atoms. The number of nitrogens with one attached hydrogen (secondary N) is 1. The fourth-order valence-electron chi connectivity index (χ4n) is 2.04. The minimum absolute atomic E-state index is 0.284. The highest BCUT2D eigenvalue weighted by atomic mass is 79.9. The van der Waals surface area contributed by atoms with E-state index in [-0.39, 0.29) is 5.88 Å². The Balaban J connectivity index is 2.20. The van der Waals surface area contributed by atoms with Crippen molar-refractivity contribution in [3.63, 3.8) is 0 Å². The molecular weight excluding hydrogens is 573 g/mol. The zero-order chi connectivity index (χ0) is 19.9. The van der Waals surface area contributed by atoms with Crippen LogP contribution < -0.4 is 5.32 Å². The maximum Gasteiger partial charge on any atom is 0.320 e. The van der Waals surface area contributed by atoms with Crippen LogP contribution in [-0.2, 0) is 16.6 Å². The van der Waals surface area contributed by atoms with Gasteiger partial charge in [-0.05, 0) is 55.0 Å². The standard InChI is InChI=1S/C17H17Br2ClNO2PS3/c18-12-1-5-14(6-2-12)26-24(25,11-21-16(9-10-20)17(22)23)27-15-7-3-13(19)4-8-15/h1-8,16,21H,9-11H2,(H,22,23). The van der Waals surface area contributed by atoms with E-state index in [2.05, 4.69) is 37.2 Å². The molecule has 0 saturated carbocycles. The minimum atomic E-state index is -2.09. The van der Waals surface area contributed by atoms with E-state index in [1.54, 1.807) is 22.8 Å². The van der Waals surface area contributed by atoms with Crippen LogP contribution in [0.5, 0.6) is 0 Å².